The molecular formula is C22H18F3N3O3. The van der Waals surface area contributed by atoms with E-state index in [1.165, 1.54) is 24.4 Å². The molecule has 1 aromatic heterocycles. The summed E-state index contributed by atoms with van der Waals surface area (Å²) in [4.78, 5) is 28.4. The van der Waals surface area contributed by atoms with Crippen molar-refractivity contribution in [2.45, 2.75) is 6.18 Å². The van der Waals surface area contributed by atoms with Crippen LogP contribution in [0.3, 0.4) is 0 Å². The quantitative estimate of drug-likeness (QED) is 0.553. The fraction of sp³-hybridized carbons (Fsp3) is 0.136. The lowest BCUT2D eigenvalue weighted by molar-refractivity contribution is -0.137. The number of aromatic nitrogens is 1. The molecule has 0 saturated heterocycles. The van der Waals surface area contributed by atoms with Gasteiger partial charge in [0.15, 0.2) is 0 Å². The molecule has 0 unspecified atom stereocenters. The van der Waals surface area contributed by atoms with E-state index in [0.717, 1.165) is 12.1 Å². The van der Waals surface area contributed by atoms with Crippen LogP contribution >= 0.6 is 0 Å². The van der Waals surface area contributed by atoms with Gasteiger partial charge in [-0.2, -0.15) is 13.2 Å². The highest BCUT2D eigenvalue weighted by Crippen LogP contribution is 2.31. The van der Waals surface area contributed by atoms with Crippen molar-refractivity contribution in [1.82, 2.24) is 10.3 Å². The highest BCUT2D eigenvalue weighted by molar-refractivity contribution is 6.04. The molecule has 0 spiro atoms. The maximum atomic E-state index is 12.7. The topological polar surface area (TPSA) is 80.3 Å². The number of amides is 2. The van der Waals surface area contributed by atoms with Gasteiger partial charge in [-0.1, -0.05) is 12.1 Å². The summed E-state index contributed by atoms with van der Waals surface area (Å²) in [6, 6.07) is 14.1. The van der Waals surface area contributed by atoms with Crippen molar-refractivity contribution in [3.05, 3.63) is 89.7 Å². The van der Waals surface area contributed by atoms with Gasteiger partial charge in [0.25, 0.3) is 11.8 Å². The van der Waals surface area contributed by atoms with Crippen molar-refractivity contribution in [3.63, 3.8) is 0 Å². The number of nitrogens with zero attached hydrogens (tertiary/aromatic N) is 1. The van der Waals surface area contributed by atoms with E-state index < -0.39 is 17.6 Å². The van der Waals surface area contributed by atoms with Gasteiger partial charge in [-0.15, -0.1) is 0 Å². The van der Waals surface area contributed by atoms with Gasteiger partial charge < -0.3 is 15.4 Å². The summed E-state index contributed by atoms with van der Waals surface area (Å²) in [6.07, 6.45) is -1.47. The zero-order chi connectivity index (χ0) is 22.3. The Labute approximate surface area is 176 Å². The standard InChI is InChI=1S/C22H18F3N3O3/c23-22(24,25)17-6-2-8-19(13-17)31-11-10-27-20(29)15-4-1-7-18(12-15)28-21(30)16-5-3-9-26-14-16/h1-9,12-14H,10-11H2,(H,27,29)(H,28,30). The predicted octanol–water partition coefficient (Wildman–Crippen LogP) is 4.16. The minimum absolute atomic E-state index is 0.00944. The molecule has 0 atom stereocenters. The molecule has 3 aromatic rings. The molecule has 0 fully saturated rings. The van der Waals surface area contributed by atoms with Crippen molar-refractivity contribution in [1.29, 1.82) is 0 Å². The Morgan fingerprint density at radius 1 is 0.935 bits per heavy atom. The first-order valence-electron chi connectivity index (χ1n) is 9.22. The number of nitrogens with one attached hydrogen (secondary N) is 2. The number of carbonyl (C=O) groups is 2. The highest BCUT2D eigenvalue weighted by atomic mass is 19.4. The third-order valence-corrected chi connectivity index (χ3v) is 4.12. The Kier molecular flexibility index (Phi) is 6.86. The molecule has 31 heavy (non-hydrogen) atoms. The van der Waals surface area contributed by atoms with Gasteiger partial charge in [-0.25, -0.2) is 0 Å². The Balaban J connectivity index is 1.51. The smallest absolute Gasteiger partial charge is 0.416 e. The molecule has 9 heteroatoms. The number of hydrogen-bond acceptors (Lipinski definition) is 4. The molecule has 2 N–H and O–H groups in total. The molecule has 2 amide bonds. The van der Waals surface area contributed by atoms with Crippen LogP contribution in [0.1, 0.15) is 26.3 Å². The van der Waals surface area contributed by atoms with Crippen LogP contribution < -0.4 is 15.4 Å². The summed E-state index contributed by atoms with van der Waals surface area (Å²) in [7, 11) is 0. The first-order valence-corrected chi connectivity index (χ1v) is 9.22. The summed E-state index contributed by atoms with van der Waals surface area (Å²) >= 11 is 0. The number of anilines is 1. The molecule has 6 nitrogen and oxygen atoms in total. The van der Waals surface area contributed by atoms with E-state index in [-0.39, 0.29) is 24.8 Å². The number of carbonyl (C=O) groups excluding carboxylic acids is 2. The minimum Gasteiger partial charge on any atom is -0.492 e. The average molecular weight is 429 g/mol. The van der Waals surface area contributed by atoms with Crippen LogP contribution in [0.4, 0.5) is 18.9 Å². The van der Waals surface area contributed by atoms with E-state index in [1.807, 2.05) is 0 Å². The lowest BCUT2D eigenvalue weighted by Crippen LogP contribution is -2.28. The Bertz CT molecular complexity index is 1060. The van der Waals surface area contributed by atoms with E-state index in [1.54, 1.807) is 36.5 Å². The van der Waals surface area contributed by atoms with Crippen molar-refractivity contribution >= 4 is 17.5 Å². The van der Waals surface area contributed by atoms with Crippen LogP contribution in [0, 0.1) is 0 Å². The van der Waals surface area contributed by atoms with E-state index in [4.69, 9.17) is 4.74 Å². The van der Waals surface area contributed by atoms with E-state index >= 15 is 0 Å². The van der Waals surface area contributed by atoms with E-state index in [2.05, 4.69) is 15.6 Å². The molecular weight excluding hydrogens is 411 g/mol. The fourth-order valence-corrected chi connectivity index (χ4v) is 2.64. The predicted molar refractivity (Wildman–Crippen MR) is 108 cm³/mol. The summed E-state index contributed by atoms with van der Waals surface area (Å²) in [5.74, 6) is -0.713. The number of rotatable bonds is 7. The number of halogens is 3. The van der Waals surface area contributed by atoms with Crippen molar-refractivity contribution < 1.29 is 27.5 Å². The number of benzene rings is 2. The molecule has 0 saturated carbocycles. The lowest BCUT2D eigenvalue weighted by Gasteiger charge is -2.11. The first kappa shape index (κ1) is 21.8. The lowest BCUT2D eigenvalue weighted by atomic mass is 10.1. The van der Waals surface area contributed by atoms with Gasteiger partial charge in [-0.3, -0.25) is 14.6 Å². The average Bonchev–Trinajstić information content (AvgIpc) is 2.77. The maximum Gasteiger partial charge on any atom is 0.416 e. The Hall–Kier alpha value is -3.88. The molecule has 0 aliphatic carbocycles. The largest absolute Gasteiger partial charge is 0.492 e. The van der Waals surface area contributed by atoms with E-state index in [9.17, 15) is 22.8 Å². The number of pyridine rings is 1. The van der Waals surface area contributed by atoms with Gasteiger partial charge in [0.05, 0.1) is 17.7 Å². The second kappa shape index (κ2) is 9.75. The Morgan fingerprint density at radius 2 is 1.71 bits per heavy atom. The molecule has 0 aliphatic heterocycles. The zero-order valence-corrected chi connectivity index (χ0v) is 16.1. The monoisotopic (exact) mass is 429 g/mol. The van der Waals surface area contributed by atoms with Crippen molar-refractivity contribution in [2.75, 3.05) is 18.5 Å². The third kappa shape index (κ3) is 6.30. The van der Waals surface area contributed by atoms with Crippen LogP contribution in [0.2, 0.25) is 0 Å². The fourth-order valence-electron chi connectivity index (χ4n) is 2.64. The van der Waals surface area contributed by atoms with Crippen LogP contribution in [0.5, 0.6) is 5.75 Å². The maximum absolute atomic E-state index is 12.7. The molecule has 160 valence electrons. The summed E-state index contributed by atoms with van der Waals surface area (Å²) < 4.78 is 43.4. The molecule has 2 aromatic carbocycles. The van der Waals surface area contributed by atoms with Gasteiger partial charge in [-0.05, 0) is 48.5 Å². The highest BCUT2D eigenvalue weighted by Gasteiger charge is 2.30. The van der Waals surface area contributed by atoms with Crippen molar-refractivity contribution in [2.24, 2.45) is 0 Å². The van der Waals surface area contributed by atoms with Crippen LogP contribution in [-0.2, 0) is 6.18 Å². The number of alkyl halides is 3. The van der Waals surface area contributed by atoms with Crippen LogP contribution in [0.25, 0.3) is 0 Å². The van der Waals surface area contributed by atoms with Gasteiger partial charge in [0.1, 0.15) is 12.4 Å². The number of hydrogen-bond donors (Lipinski definition) is 2. The molecule has 1 heterocycles. The third-order valence-electron chi connectivity index (χ3n) is 4.12. The second-order valence-corrected chi connectivity index (χ2v) is 6.41. The second-order valence-electron chi connectivity index (χ2n) is 6.41. The van der Waals surface area contributed by atoms with Gasteiger partial charge in [0.2, 0.25) is 0 Å². The Morgan fingerprint density at radius 3 is 2.45 bits per heavy atom. The van der Waals surface area contributed by atoms with Crippen molar-refractivity contribution in [3.8, 4) is 5.75 Å². The summed E-state index contributed by atoms with van der Waals surface area (Å²) in [6.45, 7) is 0.0752. The number of ether oxygens (including phenoxy) is 1. The SMILES string of the molecule is O=C(NCCOc1cccc(C(F)(F)F)c1)c1cccc(NC(=O)c2cccnc2)c1. The molecule has 0 radical (unpaired) electrons. The van der Waals surface area contributed by atoms with Crippen LogP contribution in [-0.4, -0.2) is 29.9 Å². The molecule has 3 rings (SSSR count). The van der Waals surface area contributed by atoms with Crippen LogP contribution in [0.15, 0.2) is 73.1 Å². The molecule has 0 bridgehead atoms. The minimum atomic E-state index is -4.45. The zero-order valence-electron chi connectivity index (χ0n) is 16.1. The normalized spacial score (nSPS) is 10.9. The van der Waals surface area contributed by atoms with E-state index in [0.29, 0.717) is 16.8 Å². The van der Waals surface area contributed by atoms with Gasteiger partial charge >= 0.3 is 6.18 Å². The first-order chi connectivity index (χ1) is 14.8. The van der Waals surface area contributed by atoms with Gasteiger partial charge in [0, 0.05) is 23.6 Å². The summed E-state index contributed by atoms with van der Waals surface area (Å²) in [5.41, 5.74) is 0.313. The molecule has 0 aliphatic rings. The summed E-state index contributed by atoms with van der Waals surface area (Å²) in [5, 5.41) is 5.30.